The highest BCUT2D eigenvalue weighted by Gasteiger charge is 2.45. The molecule has 11 nitrogen and oxygen atoms in total. The molecule has 6 heterocycles. The summed E-state index contributed by atoms with van der Waals surface area (Å²) in [5, 5.41) is 12.3. The van der Waals surface area contributed by atoms with E-state index in [1.54, 1.807) is 17.8 Å². The summed E-state index contributed by atoms with van der Waals surface area (Å²) in [5.41, 5.74) is 12.9. The number of nitrogens with two attached hydrogens (primary N) is 1. The number of pyridine rings is 1. The van der Waals surface area contributed by atoms with Gasteiger partial charge in [-0.1, -0.05) is 36.4 Å². The number of hydrogen-bond acceptors (Lipinski definition) is 8. The lowest BCUT2D eigenvalue weighted by atomic mass is 9.86. The molecule has 5 aromatic rings. The fourth-order valence-electron chi connectivity index (χ4n) is 6.40. The molecule has 40 heavy (non-hydrogen) atoms. The molecule has 2 saturated heterocycles. The Kier molecular flexibility index (Phi) is 6.00. The summed E-state index contributed by atoms with van der Waals surface area (Å²) in [7, 11) is 1.66. The Balaban J connectivity index is 1.25. The lowest BCUT2D eigenvalue weighted by Crippen LogP contribution is -2.46. The number of rotatable bonds is 6. The molecule has 0 unspecified atom stereocenters. The average Bonchev–Trinajstić information content (AvgIpc) is 3.73. The maximum absolute atomic E-state index is 13.2. The van der Waals surface area contributed by atoms with Gasteiger partial charge in [-0.25, -0.2) is 4.98 Å². The van der Waals surface area contributed by atoms with Crippen molar-refractivity contribution in [3.05, 3.63) is 78.3 Å². The van der Waals surface area contributed by atoms with Crippen LogP contribution in [0.2, 0.25) is 0 Å². The Morgan fingerprint density at radius 1 is 1.07 bits per heavy atom. The number of aromatic nitrogens is 7. The van der Waals surface area contributed by atoms with Crippen molar-refractivity contribution in [2.45, 2.75) is 50.3 Å². The Morgan fingerprint density at radius 3 is 2.55 bits per heavy atom. The van der Waals surface area contributed by atoms with Gasteiger partial charge >= 0.3 is 0 Å². The van der Waals surface area contributed by atoms with Crippen molar-refractivity contribution in [3.63, 3.8) is 0 Å². The number of amides is 1. The first-order valence-corrected chi connectivity index (χ1v) is 13.5. The highest BCUT2D eigenvalue weighted by Crippen LogP contribution is 2.45. The third kappa shape index (κ3) is 4.01. The zero-order chi connectivity index (χ0) is 27.2. The van der Waals surface area contributed by atoms with E-state index >= 15 is 0 Å². The third-order valence-corrected chi connectivity index (χ3v) is 8.22. The predicted octanol–water partition coefficient (Wildman–Crippen LogP) is 3.86. The van der Waals surface area contributed by atoms with E-state index in [2.05, 4.69) is 20.3 Å². The molecule has 11 heteroatoms. The second kappa shape index (κ2) is 9.83. The monoisotopic (exact) mass is 535 g/mol. The van der Waals surface area contributed by atoms with Crippen LogP contribution < -0.4 is 5.73 Å². The van der Waals surface area contributed by atoms with Gasteiger partial charge in [0.2, 0.25) is 5.82 Å². The van der Waals surface area contributed by atoms with E-state index in [1.165, 1.54) is 6.33 Å². The van der Waals surface area contributed by atoms with E-state index in [4.69, 9.17) is 20.4 Å². The lowest BCUT2D eigenvalue weighted by molar-refractivity contribution is 0.0556. The van der Waals surface area contributed by atoms with Gasteiger partial charge in [-0.05, 0) is 31.7 Å². The van der Waals surface area contributed by atoms with Gasteiger partial charge in [-0.15, -0.1) is 10.2 Å². The number of nitrogens with one attached hydrogen (secondary N) is 1. The molecule has 2 aliphatic rings. The zero-order valence-corrected chi connectivity index (χ0v) is 22.1. The quantitative estimate of drug-likeness (QED) is 0.334. The van der Waals surface area contributed by atoms with Crippen molar-refractivity contribution < 1.29 is 9.53 Å². The van der Waals surface area contributed by atoms with E-state index in [1.807, 2.05) is 53.6 Å². The number of nitrogens with zero attached hydrogens (tertiary/aromatic N) is 7. The highest BCUT2D eigenvalue weighted by atomic mass is 16.5. The maximum Gasteiger partial charge on any atom is 0.292 e. The van der Waals surface area contributed by atoms with Gasteiger partial charge < -0.3 is 20.4 Å². The van der Waals surface area contributed by atoms with Crippen LogP contribution in [-0.4, -0.2) is 64.8 Å². The molecule has 2 fully saturated rings. The standard InChI is InChI=1S/C29H29N9O2/c1-40-15-23-25(19-11-20-8-9-21(12-19)37(20)29(39)27-32-16-33-36-27)35-28-22(14-34-38(28)26(23)30)18-7-10-24(31-13-18)17-5-3-2-4-6-17/h2-7,10,13-14,16,19-21H,8-9,11-12,15,30H2,1H3,(H,32,33,36)/t19-,20+,21-. The Bertz CT molecular complexity index is 1650. The van der Waals surface area contributed by atoms with Crippen molar-refractivity contribution >= 4 is 17.4 Å². The van der Waals surface area contributed by atoms with E-state index in [-0.39, 0.29) is 29.7 Å². The van der Waals surface area contributed by atoms with Crippen LogP contribution in [0.15, 0.2) is 61.2 Å². The fourth-order valence-corrected chi connectivity index (χ4v) is 6.40. The number of carbonyl (C=O) groups excluding carboxylic acids is 1. The van der Waals surface area contributed by atoms with E-state index in [0.29, 0.717) is 18.1 Å². The summed E-state index contributed by atoms with van der Waals surface area (Å²) < 4.78 is 7.25. The topological polar surface area (TPSA) is 140 Å². The van der Waals surface area contributed by atoms with Crippen molar-refractivity contribution in [3.8, 4) is 22.4 Å². The summed E-state index contributed by atoms with van der Waals surface area (Å²) in [4.78, 5) is 27.9. The van der Waals surface area contributed by atoms with E-state index < -0.39 is 0 Å². The van der Waals surface area contributed by atoms with Crippen LogP contribution >= 0.6 is 0 Å². The largest absolute Gasteiger partial charge is 0.383 e. The molecule has 3 atom stereocenters. The Hall–Kier alpha value is -4.64. The predicted molar refractivity (Wildman–Crippen MR) is 148 cm³/mol. The summed E-state index contributed by atoms with van der Waals surface area (Å²) in [6, 6.07) is 14.3. The number of aromatic amines is 1. The van der Waals surface area contributed by atoms with Crippen LogP contribution in [-0.2, 0) is 11.3 Å². The smallest absolute Gasteiger partial charge is 0.292 e. The number of fused-ring (bicyclic) bond motifs is 3. The number of nitrogen functional groups attached to an aromatic ring is 1. The second-order valence-corrected chi connectivity index (χ2v) is 10.5. The minimum atomic E-state index is -0.0898. The fraction of sp³-hybridized carbons (Fsp3) is 0.310. The van der Waals surface area contributed by atoms with Gasteiger partial charge in [0.05, 0.1) is 24.2 Å². The van der Waals surface area contributed by atoms with Crippen LogP contribution in [0.1, 0.15) is 53.5 Å². The first-order valence-electron chi connectivity index (χ1n) is 13.5. The summed E-state index contributed by atoms with van der Waals surface area (Å²) >= 11 is 0. The number of piperidine rings is 1. The Morgan fingerprint density at radius 2 is 1.88 bits per heavy atom. The van der Waals surface area contributed by atoms with Crippen LogP contribution in [0.25, 0.3) is 28.0 Å². The minimum absolute atomic E-state index is 0.0898. The van der Waals surface area contributed by atoms with Gasteiger partial charge in [-0.2, -0.15) is 9.61 Å². The molecule has 1 amide bonds. The lowest BCUT2D eigenvalue weighted by Gasteiger charge is -2.38. The average molecular weight is 536 g/mol. The molecule has 0 aliphatic carbocycles. The van der Waals surface area contributed by atoms with Crippen LogP contribution in [0.4, 0.5) is 5.82 Å². The van der Waals surface area contributed by atoms with Gasteiger partial charge in [0, 0.05) is 53.6 Å². The van der Waals surface area contributed by atoms with Gasteiger partial charge in [0.15, 0.2) is 5.65 Å². The van der Waals surface area contributed by atoms with E-state index in [0.717, 1.165) is 59.3 Å². The van der Waals surface area contributed by atoms with Crippen molar-refractivity contribution in [1.82, 2.24) is 39.7 Å². The number of ether oxygens (including phenoxy) is 1. The van der Waals surface area contributed by atoms with Crippen LogP contribution in [0.5, 0.6) is 0 Å². The molecule has 4 aromatic heterocycles. The second-order valence-electron chi connectivity index (χ2n) is 10.5. The van der Waals surface area contributed by atoms with Gasteiger partial charge in [-0.3, -0.25) is 9.78 Å². The molecular weight excluding hydrogens is 506 g/mol. The number of hydrogen-bond donors (Lipinski definition) is 2. The third-order valence-electron chi connectivity index (χ3n) is 8.22. The molecular formula is C29H29N9O2. The zero-order valence-electron chi connectivity index (χ0n) is 22.1. The highest BCUT2D eigenvalue weighted by molar-refractivity contribution is 5.91. The molecule has 2 aliphatic heterocycles. The normalized spacial score (nSPS) is 20.3. The summed E-state index contributed by atoms with van der Waals surface area (Å²) in [6.45, 7) is 0.333. The molecule has 202 valence electrons. The van der Waals surface area contributed by atoms with E-state index in [9.17, 15) is 4.79 Å². The number of H-pyrrole nitrogens is 1. The van der Waals surface area contributed by atoms with Gasteiger partial charge in [0.1, 0.15) is 12.1 Å². The SMILES string of the molecule is COCc1c([C@H]2C[C@H]3CC[C@@H](C2)N3C(=O)c2nnc[nH]2)nc2c(-c3ccc(-c4ccccc4)nc3)cnn2c1N. The minimum Gasteiger partial charge on any atom is -0.383 e. The van der Waals surface area contributed by atoms with Crippen molar-refractivity contribution in [2.75, 3.05) is 12.8 Å². The van der Waals surface area contributed by atoms with Gasteiger partial charge in [0.25, 0.3) is 5.91 Å². The number of anilines is 1. The molecule has 7 rings (SSSR count). The number of carbonyl (C=O) groups is 1. The molecule has 1 aromatic carbocycles. The molecule has 3 N–H and O–H groups in total. The number of benzene rings is 1. The number of methoxy groups -OCH3 is 1. The molecule has 0 radical (unpaired) electrons. The molecule has 2 bridgehead atoms. The Labute approximate surface area is 230 Å². The summed E-state index contributed by atoms with van der Waals surface area (Å²) in [6.07, 6.45) is 8.59. The summed E-state index contributed by atoms with van der Waals surface area (Å²) in [5.74, 6) is 0.854. The first-order chi connectivity index (χ1) is 19.6. The maximum atomic E-state index is 13.2. The van der Waals surface area contributed by atoms with Crippen LogP contribution in [0.3, 0.4) is 0 Å². The van der Waals surface area contributed by atoms with Crippen molar-refractivity contribution in [1.29, 1.82) is 0 Å². The van der Waals surface area contributed by atoms with Crippen LogP contribution in [0, 0.1) is 0 Å². The first kappa shape index (κ1) is 24.4. The van der Waals surface area contributed by atoms with Crippen molar-refractivity contribution in [2.24, 2.45) is 0 Å². The molecule has 0 spiro atoms. The molecule has 0 saturated carbocycles.